The first-order chi connectivity index (χ1) is 7.04. The van der Waals surface area contributed by atoms with Crippen molar-refractivity contribution >= 4 is 33.7 Å². The molecule has 0 heterocycles. The van der Waals surface area contributed by atoms with Crippen molar-refractivity contribution in [3.8, 4) is 0 Å². The highest BCUT2D eigenvalue weighted by Crippen LogP contribution is 2.30. The fourth-order valence-corrected chi connectivity index (χ4v) is 2.51. The summed E-state index contributed by atoms with van der Waals surface area (Å²) in [6.45, 7) is 5.65. The fraction of sp³-hybridized carbons (Fsp3) is 0.182. The van der Waals surface area contributed by atoms with Gasteiger partial charge >= 0.3 is 5.97 Å². The maximum Gasteiger partial charge on any atom is 0.336 e. The highest BCUT2D eigenvalue weighted by molar-refractivity contribution is 9.10. The van der Waals surface area contributed by atoms with E-state index in [1.807, 2.05) is 13.0 Å². The van der Waals surface area contributed by atoms with Gasteiger partial charge in [-0.3, -0.25) is 0 Å². The number of thioether (sulfide) groups is 1. The number of aromatic carboxylic acids is 1. The summed E-state index contributed by atoms with van der Waals surface area (Å²) in [7, 11) is 0. The summed E-state index contributed by atoms with van der Waals surface area (Å²) in [5.74, 6) is -0.902. The average Bonchev–Trinajstić information content (AvgIpc) is 2.17. The summed E-state index contributed by atoms with van der Waals surface area (Å²) in [4.78, 5) is 11.7. The molecule has 0 aliphatic heterocycles. The van der Waals surface area contributed by atoms with Gasteiger partial charge in [-0.2, -0.15) is 0 Å². The first-order valence-corrected chi connectivity index (χ1v) is 6.04. The largest absolute Gasteiger partial charge is 0.478 e. The van der Waals surface area contributed by atoms with Gasteiger partial charge in [0.1, 0.15) is 0 Å². The monoisotopic (exact) mass is 286 g/mol. The van der Waals surface area contributed by atoms with Crippen molar-refractivity contribution in [3.05, 3.63) is 40.9 Å². The molecule has 0 spiro atoms. The first-order valence-electron chi connectivity index (χ1n) is 4.36. The van der Waals surface area contributed by atoms with Crippen LogP contribution in [-0.4, -0.2) is 16.3 Å². The number of halogens is 1. The average molecular weight is 287 g/mol. The van der Waals surface area contributed by atoms with Crippen LogP contribution in [0.1, 0.15) is 17.3 Å². The van der Waals surface area contributed by atoms with Crippen LogP contribution in [0.2, 0.25) is 0 Å². The Hall–Kier alpha value is -0.740. The molecular weight excluding hydrogens is 276 g/mol. The van der Waals surface area contributed by atoms with Crippen LogP contribution in [0, 0.1) is 0 Å². The highest BCUT2D eigenvalue weighted by atomic mass is 79.9. The summed E-state index contributed by atoms with van der Waals surface area (Å²) in [6, 6.07) is 5.14. The smallest absolute Gasteiger partial charge is 0.336 e. The van der Waals surface area contributed by atoms with Crippen LogP contribution in [0.15, 0.2) is 40.2 Å². The van der Waals surface area contributed by atoms with Gasteiger partial charge in [-0.25, -0.2) is 4.79 Å². The van der Waals surface area contributed by atoms with Crippen molar-refractivity contribution in [2.24, 2.45) is 0 Å². The van der Waals surface area contributed by atoms with Crippen LogP contribution in [-0.2, 0) is 0 Å². The van der Waals surface area contributed by atoms with Crippen LogP contribution in [0.3, 0.4) is 0 Å². The Morgan fingerprint density at radius 1 is 1.67 bits per heavy atom. The molecule has 80 valence electrons. The summed E-state index contributed by atoms with van der Waals surface area (Å²) in [5, 5.41) is 9.18. The van der Waals surface area contributed by atoms with E-state index < -0.39 is 5.97 Å². The number of carbonyl (C=O) groups is 1. The van der Waals surface area contributed by atoms with E-state index in [4.69, 9.17) is 5.11 Å². The molecule has 1 aromatic carbocycles. The van der Waals surface area contributed by atoms with E-state index in [-0.39, 0.29) is 5.25 Å². The van der Waals surface area contributed by atoms with Gasteiger partial charge in [0.05, 0.1) is 5.56 Å². The van der Waals surface area contributed by atoms with Gasteiger partial charge in [0.25, 0.3) is 0 Å². The van der Waals surface area contributed by atoms with E-state index in [1.165, 1.54) is 11.8 Å². The Bertz CT molecular complexity index is 390. The van der Waals surface area contributed by atoms with Gasteiger partial charge in [0.15, 0.2) is 0 Å². The number of rotatable bonds is 4. The van der Waals surface area contributed by atoms with E-state index >= 15 is 0 Å². The molecule has 1 N–H and O–H groups in total. The van der Waals surface area contributed by atoms with Crippen molar-refractivity contribution in [3.63, 3.8) is 0 Å². The molecule has 0 radical (unpaired) electrons. The molecule has 1 atom stereocenters. The molecule has 0 amide bonds. The zero-order valence-corrected chi connectivity index (χ0v) is 10.6. The fourth-order valence-electron chi connectivity index (χ4n) is 1.02. The maximum absolute atomic E-state index is 10.9. The normalized spacial score (nSPS) is 12.1. The molecule has 0 aliphatic carbocycles. The molecule has 4 heteroatoms. The molecule has 0 saturated heterocycles. The minimum absolute atomic E-state index is 0.192. The lowest BCUT2D eigenvalue weighted by Gasteiger charge is -2.09. The van der Waals surface area contributed by atoms with E-state index in [2.05, 4.69) is 22.5 Å². The van der Waals surface area contributed by atoms with E-state index in [0.29, 0.717) is 5.56 Å². The van der Waals surface area contributed by atoms with Crippen LogP contribution in [0.4, 0.5) is 0 Å². The molecule has 1 aromatic rings. The van der Waals surface area contributed by atoms with Crippen molar-refractivity contribution < 1.29 is 9.90 Å². The Kier molecular flexibility index (Phi) is 4.42. The first kappa shape index (κ1) is 12.3. The summed E-state index contributed by atoms with van der Waals surface area (Å²) < 4.78 is 0.881. The molecular formula is C11H11BrO2S. The van der Waals surface area contributed by atoms with E-state index in [9.17, 15) is 4.79 Å². The SMILES string of the molecule is C=CC(C)Sc1cc(Br)ccc1C(=O)O. The molecule has 2 nitrogen and oxygen atoms in total. The maximum atomic E-state index is 10.9. The molecule has 1 rings (SSSR count). The Morgan fingerprint density at radius 3 is 2.87 bits per heavy atom. The Labute approximate surface area is 102 Å². The third kappa shape index (κ3) is 3.39. The summed E-state index contributed by atoms with van der Waals surface area (Å²) >= 11 is 4.81. The van der Waals surface area contributed by atoms with Gasteiger partial charge in [-0.05, 0) is 25.1 Å². The van der Waals surface area contributed by atoms with Gasteiger partial charge in [-0.15, -0.1) is 18.3 Å². The second-order valence-electron chi connectivity index (χ2n) is 3.00. The lowest BCUT2D eigenvalue weighted by atomic mass is 10.2. The van der Waals surface area contributed by atoms with Crippen LogP contribution < -0.4 is 0 Å². The highest BCUT2D eigenvalue weighted by Gasteiger charge is 2.12. The van der Waals surface area contributed by atoms with Gasteiger partial charge in [0.2, 0.25) is 0 Å². The minimum atomic E-state index is -0.902. The van der Waals surface area contributed by atoms with Crippen LogP contribution in [0.25, 0.3) is 0 Å². The number of carboxylic acid groups (broad SMARTS) is 1. The molecule has 0 aliphatic rings. The second kappa shape index (κ2) is 5.37. The van der Waals surface area contributed by atoms with E-state index in [1.54, 1.807) is 18.2 Å². The lowest BCUT2D eigenvalue weighted by Crippen LogP contribution is -2.00. The second-order valence-corrected chi connectivity index (χ2v) is 5.34. The molecule has 0 saturated carbocycles. The third-order valence-corrected chi connectivity index (χ3v) is 3.47. The molecule has 15 heavy (non-hydrogen) atoms. The van der Waals surface area contributed by atoms with Crippen molar-refractivity contribution in [1.29, 1.82) is 0 Å². The Morgan fingerprint density at radius 2 is 2.33 bits per heavy atom. The third-order valence-electron chi connectivity index (χ3n) is 1.82. The van der Waals surface area contributed by atoms with Crippen molar-refractivity contribution in [2.75, 3.05) is 0 Å². The molecule has 1 unspecified atom stereocenters. The van der Waals surface area contributed by atoms with Crippen molar-refractivity contribution in [2.45, 2.75) is 17.1 Å². The Balaban J connectivity index is 3.07. The number of carboxylic acids is 1. The number of benzene rings is 1. The zero-order valence-electron chi connectivity index (χ0n) is 8.24. The quantitative estimate of drug-likeness (QED) is 0.675. The summed E-state index contributed by atoms with van der Waals surface area (Å²) in [6.07, 6.45) is 1.79. The number of hydrogen-bond acceptors (Lipinski definition) is 2. The minimum Gasteiger partial charge on any atom is -0.478 e. The van der Waals surface area contributed by atoms with Crippen molar-refractivity contribution in [1.82, 2.24) is 0 Å². The van der Waals surface area contributed by atoms with Gasteiger partial charge in [0, 0.05) is 14.6 Å². The predicted molar refractivity (Wildman–Crippen MR) is 66.6 cm³/mol. The number of hydrogen-bond donors (Lipinski definition) is 1. The molecule has 0 bridgehead atoms. The topological polar surface area (TPSA) is 37.3 Å². The predicted octanol–water partition coefficient (Wildman–Crippen LogP) is 3.81. The van der Waals surface area contributed by atoms with Crippen LogP contribution in [0.5, 0.6) is 0 Å². The summed E-state index contributed by atoms with van der Waals surface area (Å²) in [5.41, 5.74) is 0.330. The van der Waals surface area contributed by atoms with Crippen LogP contribution >= 0.6 is 27.7 Å². The lowest BCUT2D eigenvalue weighted by molar-refractivity contribution is 0.0693. The van der Waals surface area contributed by atoms with Gasteiger partial charge in [-0.1, -0.05) is 22.0 Å². The standard InChI is InChI=1S/C11H11BrO2S/c1-3-7(2)15-10-6-8(12)4-5-9(10)11(13)14/h3-7H,1H2,2H3,(H,13,14). The molecule has 0 fully saturated rings. The van der Waals surface area contributed by atoms with Gasteiger partial charge < -0.3 is 5.11 Å². The molecule has 0 aromatic heterocycles. The zero-order chi connectivity index (χ0) is 11.4. The van der Waals surface area contributed by atoms with E-state index in [0.717, 1.165) is 9.37 Å².